The number of carbonyl (C=O) groups is 1. The van der Waals surface area contributed by atoms with Crippen LogP contribution in [0.15, 0.2) is 54.6 Å². The summed E-state index contributed by atoms with van der Waals surface area (Å²) in [6.07, 6.45) is 7.24. The van der Waals surface area contributed by atoms with Gasteiger partial charge >= 0.3 is 0 Å². The van der Waals surface area contributed by atoms with Gasteiger partial charge in [0.25, 0.3) is 0 Å². The summed E-state index contributed by atoms with van der Waals surface area (Å²) < 4.78 is 0. The predicted molar refractivity (Wildman–Crippen MR) is 121 cm³/mol. The first kappa shape index (κ1) is 19.6. The average Bonchev–Trinajstić information content (AvgIpc) is 2.79. The number of aldehydes is 1. The standard InChI is InChI=1S/C27H25NO3/c28-27(22-10-5-11-23(30)21(22)16-29)15-14-18-7-2-4-9-20(18)26(27)25-19-8-3-1-6-17(19)12-13-24(25)31/h2,4-5,7,9-14,16,30-31H,1,3,6,8,15,28H2. The van der Waals surface area contributed by atoms with E-state index in [1.165, 1.54) is 11.6 Å². The molecule has 0 bridgehead atoms. The van der Waals surface area contributed by atoms with Gasteiger partial charge in [0.1, 0.15) is 11.5 Å². The molecule has 4 nitrogen and oxygen atoms in total. The van der Waals surface area contributed by atoms with E-state index < -0.39 is 5.54 Å². The molecule has 0 aromatic heterocycles. The van der Waals surface area contributed by atoms with E-state index in [4.69, 9.17) is 5.73 Å². The minimum absolute atomic E-state index is 0.0881. The van der Waals surface area contributed by atoms with Gasteiger partial charge in [0.05, 0.1) is 11.1 Å². The van der Waals surface area contributed by atoms with Crippen molar-refractivity contribution in [1.82, 2.24) is 0 Å². The number of carbonyl (C=O) groups excluding carboxylic acids is 1. The number of benzene rings is 3. The monoisotopic (exact) mass is 411 g/mol. The summed E-state index contributed by atoms with van der Waals surface area (Å²) >= 11 is 0. The van der Waals surface area contributed by atoms with Crippen molar-refractivity contribution in [2.75, 3.05) is 0 Å². The number of hydrogen-bond acceptors (Lipinski definition) is 4. The normalized spacial score (nSPS) is 19.8. The second-order valence-electron chi connectivity index (χ2n) is 8.50. The largest absolute Gasteiger partial charge is 0.507 e. The van der Waals surface area contributed by atoms with Crippen LogP contribution in [0.1, 0.15) is 51.9 Å². The maximum absolute atomic E-state index is 11.9. The lowest BCUT2D eigenvalue weighted by Gasteiger charge is -2.37. The summed E-state index contributed by atoms with van der Waals surface area (Å²) in [6, 6.07) is 16.8. The highest BCUT2D eigenvalue weighted by molar-refractivity contribution is 5.88. The molecule has 0 fully saturated rings. The van der Waals surface area contributed by atoms with E-state index in [9.17, 15) is 15.0 Å². The van der Waals surface area contributed by atoms with Crippen molar-refractivity contribution in [3.8, 4) is 11.5 Å². The fourth-order valence-corrected chi connectivity index (χ4v) is 5.28. The van der Waals surface area contributed by atoms with Gasteiger partial charge in [-0.25, -0.2) is 0 Å². The van der Waals surface area contributed by atoms with Gasteiger partial charge in [-0.05, 0) is 76.9 Å². The fourth-order valence-electron chi connectivity index (χ4n) is 5.28. The van der Waals surface area contributed by atoms with Crippen LogP contribution in [0.4, 0.5) is 0 Å². The summed E-state index contributed by atoms with van der Waals surface area (Å²) in [5, 5.41) is 23.5. The van der Waals surface area contributed by atoms with Crippen molar-refractivity contribution in [3.63, 3.8) is 0 Å². The third-order valence-electron chi connectivity index (χ3n) is 6.76. The third kappa shape index (κ3) is 2.98. The summed E-state index contributed by atoms with van der Waals surface area (Å²) in [5.74, 6) is 0.116. The maximum atomic E-state index is 11.9. The molecule has 0 saturated carbocycles. The summed E-state index contributed by atoms with van der Waals surface area (Å²) in [7, 11) is 0. The van der Waals surface area contributed by atoms with Gasteiger partial charge in [0.15, 0.2) is 6.29 Å². The molecule has 0 spiro atoms. The lowest BCUT2D eigenvalue weighted by molar-refractivity contribution is 0.111. The zero-order chi connectivity index (χ0) is 21.6. The molecule has 0 aliphatic heterocycles. The Balaban J connectivity index is 1.93. The highest BCUT2D eigenvalue weighted by atomic mass is 16.3. The van der Waals surface area contributed by atoms with Crippen molar-refractivity contribution < 1.29 is 15.0 Å². The number of hydrogen-bond donors (Lipinski definition) is 3. The first-order chi connectivity index (χ1) is 15.0. The molecule has 4 N–H and O–H groups in total. The zero-order valence-corrected chi connectivity index (χ0v) is 17.3. The Morgan fingerprint density at radius 3 is 2.55 bits per heavy atom. The Hall–Kier alpha value is -3.37. The molecule has 0 amide bonds. The second-order valence-corrected chi connectivity index (χ2v) is 8.50. The number of fused-ring (bicyclic) bond motifs is 2. The van der Waals surface area contributed by atoms with E-state index in [0.29, 0.717) is 18.3 Å². The fraction of sp³-hybridized carbons (Fsp3) is 0.222. The lowest BCUT2D eigenvalue weighted by atomic mass is 9.70. The molecule has 4 heteroatoms. The molecule has 31 heavy (non-hydrogen) atoms. The van der Waals surface area contributed by atoms with Crippen LogP contribution in [0.2, 0.25) is 0 Å². The first-order valence-electron chi connectivity index (χ1n) is 10.7. The number of aryl methyl sites for hydroxylation is 1. The van der Waals surface area contributed by atoms with Crippen LogP contribution in [0.5, 0.6) is 11.5 Å². The smallest absolute Gasteiger partial charge is 0.154 e. The van der Waals surface area contributed by atoms with Crippen LogP contribution in [-0.4, -0.2) is 16.5 Å². The summed E-state index contributed by atoms with van der Waals surface area (Å²) in [6.45, 7) is 0. The van der Waals surface area contributed by atoms with Gasteiger partial charge in [-0.2, -0.15) is 0 Å². The van der Waals surface area contributed by atoms with Gasteiger partial charge < -0.3 is 15.9 Å². The van der Waals surface area contributed by atoms with Gasteiger partial charge in [-0.1, -0.05) is 48.5 Å². The lowest BCUT2D eigenvalue weighted by Crippen LogP contribution is -2.48. The molecule has 3 aromatic rings. The summed E-state index contributed by atoms with van der Waals surface area (Å²) in [5.41, 5.74) is 10.8. The SMILES string of the molecule is NC1(c2cccc(O)c2C=O)CC=c2ccccc2=C1c1c(O)ccc2c1CCCC2. The van der Waals surface area contributed by atoms with Crippen molar-refractivity contribution in [1.29, 1.82) is 0 Å². The number of rotatable bonds is 3. The van der Waals surface area contributed by atoms with Gasteiger partial charge in [0.2, 0.25) is 0 Å². The minimum Gasteiger partial charge on any atom is -0.507 e. The van der Waals surface area contributed by atoms with Crippen molar-refractivity contribution in [3.05, 3.63) is 92.9 Å². The van der Waals surface area contributed by atoms with E-state index in [1.807, 2.05) is 30.3 Å². The van der Waals surface area contributed by atoms with E-state index in [0.717, 1.165) is 52.8 Å². The average molecular weight is 412 g/mol. The van der Waals surface area contributed by atoms with Crippen molar-refractivity contribution in [2.24, 2.45) is 5.73 Å². The maximum Gasteiger partial charge on any atom is 0.154 e. The minimum atomic E-state index is -1.08. The van der Waals surface area contributed by atoms with Crippen LogP contribution in [-0.2, 0) is 18.4 Å². The topological polar surface area (TPSA) is 83.5 Å². The van der Waals surface area contributed by atoms with E-state index in [1.54, 1.807) is 18.2 Å². The molecule has 0 heterocycles. The molecule has 2 aliphatic rings. The van der Waals surface area contributed by atoms with E-state index >= 15 is 0 Å². The van der Waals surface area contributed by atoms with E-state index in [2.05, 4.69) is 6.08 Å². The zero-order valence-electron chi connectivity index (χ0n) is 17.3. The third-order valence-corrected chi connectivity index (χ3v) is 6.76. The Bertz CT molecular complexity index is 1320. The molecule has 5 rings (SSSR count). The van der Waals surface area contributed by atoms with Crippen LogP contribution >= 0.6 is 0 Å². The van der Waals surface area contributed by atoms with Crippen LogP contribution in [0.25, 0.3) is 11.6 Å². The molecular weight excluding hydrogens is 386 g/mol. The molecule has 1 unspecified atom stereocenters. The van der Waals surface area contributed by atoms with Crippen LogP contribution in [0.3, 0.4) is 0 Å². The Morgan fingerprint density at radius 1 is 0.903 bits per heavy atom. The molecule has 0 saturated heterocycles. The number of nitrogens with two attached hydrogens (primary N) is 1. The Kier molecular flexibility index (Phi) is 4.67. The molecule has 3 aromatic carbocycles. The number of aromatic hydroxyl groups is 2. The van der Waals surface area contributed by atoms with Gasteiger partial charge in [-0.15, -0.1) is 0 Å². The van der Waals surface area contributed by atoms with E-state index in [-0.39, 0.29) is 17.1 Å². The van der Waals surface area contributed by atoms with Crippen LogP contribution < -0.4 is 16.2 Å². The molecular formula is C27H25NO3. The highest BCUT2D eigenvalue weighted by Gasteiger charge is 2.39. The Morgan fingerprint density at radius 2 is 1.71 bits per heavy atom. The van der Waals surface area contributed by atoms with Crippen molar-refractivity contribution >= 4 is 17.9 Å². The Labute approximate surface area is 181 Å². The van der Waals surface area contributed by atoms with Crippen LogP contribution in [0, 0.1) is 0 Å². The van der Waals surface area contributed by atoms with Gasteiger partial charge in [0, 0.05) is 5.56 Å². The van der Waals surface area contributed by atoms with Gasteiger partial charge in [-0.3, -0.25) is 4.79 Å². The first-order valence-corrected chi connectivity index (χ1v) is 10.7. The second kappa shape index (κ2) is 7.40. The number of phenols is 2. The number of phenolic OH excluding ortho intramolecular Hbond substituents is 2. The molecule has 2 aliphatic carbocycles. The molecule has 1 atom stereocenters. The molecule has 0 radical (unpaired) electrons. The predicted octanol–water partition coefficient (Wildman–Crippen LogP) is 3.03. The summed E-state index contributed by atoms with van der Waals surface area (Å²) in [4.78, 5) is 11.9. The quantitative estimate of drug-likeness (QED) is 0.579. The molecule has 156 valence electrons. The van der Waals surface area contributed by atoms with Crippen molar-refractivity contribution in [2.45, 2.75) is 37.6 Å². The highest BCUT2D eigenvalue weighted by Crippen LogP contribution is 2.45.